The van der Waals surface area contributed by atoms with Crippen LogP contribution >= 0.6 is 11.7 Å². The van der Waals surface area contributed by atoms with Crippen molar-refractivity contribution in [2.45, 2.75) is 23.8 Å². The molecule has 0 N–H and O–H groups in total. The first kappa shape index (κ1) is 18.1. The Hall–Kier alpha value is -1.94. The molecule has 2 aliphatic rings. The first-order chi connectivity index (χ1) is 13.6. The van der Waals surface area contributed by atoms with Crippen LogP contribution in [0.3, 0.4) is 0 Å². The van der Waals surface area contributed by atoms with Crippen LogP contribution < -0.4 is 0 Å². The lowest BCUT2D eigenvalue weighted by molar-refractivity contribution is 0.137. The molecule has 6 nitrogen and oxygen atoms in total. The standard InChI is InChI=1S/C19H19FN4O2S2/c20-15-4-1-3-14-13(15)7-8-17(14)23-9-11-24(12-10-23)28(25,26)18-6-2-5-16-19(18)22-27-21-16/h1-6,17H,7-12H2. The van der Waals surface area contributed by atoms with E-state index in [9.17, 15) is 12.8 Å². The van der Waals surface area contributed by atoms with Gasteiger partial charge in [-0.15, -0.1) is 0 Å². The van der Waals surface area contributed by atoms with Gasteiger partial charge in [-0.05, 0) is 42.2 Å². The second-order valence-electron chi connectivity index (χ2n) is 7.19. The Balaban J connectivity index is 1.36. The van der Waals surface area contributed by atoms with Gasteiger partial charge in [0.1, 0.15) is 21.7 Å². The van der Waals surface area contributed by atoms with E-state index >= 15 is 0 Å². The summed E-state index contributed by atoms with van der Waals surface area (Å²) in [5.74, 6) is -0.133. The first-order valence-electron chi connectivity index (χ1n) is 9.28. The number of fused-ring (bicyclic) bond motifs is 2. The molecule has 9 heteroatoms. The summed E-state index contributed by atoms with van der Waals surface area (Å²) in [4.78, 5) is 2.50. The van der Waals surface area contributed by atoms with Crippen LogP contribution in [0.2, 0.25) is 0 Å². The Labute approximate surface area is 167 Å². The molecule has 1 fully saturated rings. The van der Waals surface area contributed by atoms with Crippen molar-refractivity contribution in [1.82, 2.24) is 18.0 Å². The number of rotatable bonds is 3. The Morgan fingerprint density at radius 1 is 1.04 bits per heavy atom. The Bertz CT molecular complexity index is 1140. The average Bonchev–Trinajstić information content (AvgIpc) is 3.35. The highest BCUT2D eigenvalue weighted by atomic mass is 32.2. The van der Waals surface area contributed by atoms with E-state index in [1.54, 1.807) is 24.3 Å². The molecule has 1 saturated heterocycles. The molecule has 5 rings (SSSR count). The van der Waals surface area contributed by atoms with Gasteiger partial charge < -0.3 is 0 Å². The fraction of sp³-hybridized carbons (Fsp3) is 0.368. The normalized spacial score (nSPS) is 21.2. The van der Waals surface area contributed by atoms with Crippen molar-refractivity contribution in [1.29, 1.82) is 0 Å². The van der Waals surface area contributed by atoms with Gasteiger partial charge in [0.05, 0.1) is 11.7 Å². The molecule has 0 bridgehead atoms. The number of hydrogen-bond acceptors (Lipinski definition) is 6. The van der Waals surface area contributed by atoms with Gasteiger partial charge in [0, 0.05) is 32.2 Å². The number of piperazine rings is 1. The molecule has 1 aromatic heterocycles. The van der Waals surface area contributed by atoms with E-state index in [1.165, 1.54) is 10.4 Å². The van der Waals surface area contributed by atoms with Crippen LogP contribution in [0.1, 0.15) is 23.6 Å². The van der Waals surface area contributed by atoms with Crippen molar-refractivity contribution >= 4 is 32.8 Å². The summed E-state index contributed by atoms with van der Waals surface area (Å²) < 4.78 is 50.2. The molecule has 2 aromatic carbocycles. The lowest BCUT2D eigenvalue weighted by Crippen LogP contribution is -2.49. The predicted octanol–water partition coefficient (Wildman–Crippen LogP) is 2.82. The molecule has 28 heavy (non-hydrogen) atoms. The molecule has 1 aliphatic carbocycles. The minimum atomic E-state index is -3.62. The summed E-state index contributed by atoms with van der Waals surface area (Å²) in [5, 5.41) is 0. The van der Waals surface area contributed by atoms with E-state index in [4.69, 9.17) is 0 Å². The minimum Gasteiger partial charge on any atom is -0.294 e. The Kier molecular flexibility index (Phi) is 4.42. The van der Waals surface area contributed by atoms with E-state index in [0.29, 0.717) is 37.2 Å². The van der Waals surface area contributed by atoms with Gasteiger partial charge in [-0.3, -0.25) is 4.90 Å². The smallest absolute Gasteiger partial charge is 0.245 e. The summed E-state index contributed by atoms with van der Waals surface area (Å²) in [6.07, 6.45) is 1.62. The zero-order chi connectivity index (χ0) is 19.3. The second kappa shape index (κ2) is 6.84. The van der Waals surface area contributed by atoms with Crippen LogP contribution in [0.15, 0.2) is 41.3 Å². The van der Waals surface area contributed by atoms with Gasteiger partial charge in [0.2, 0.25) is 10.0 Å². The van der Waals surface area contributed by atoms with Crippen molar-refractivity contribution in [3.8, 4) is 0 Å². The number of nitrogens with zero attached hydrogens (tertiary/aromatic N) is 4. The van der Waals surface area contributed by atoms with Gasteiger partial charge in [0.25, 0.3) is 0 Å². The minimum absolute atomic E-state index is 0.133. The maximum atomic E-state index is 14.0. The van der Waals surface area contributed by atoms with Crippen LogP contribution in [-0.2, 0) is 16.4 Å². The summed E-state index contributed by atoms with van der Waals surface area (Å²) in [6.45, 7) is 2.09. The molecule has 3 aromatic rings. The monoisotopic (exact) mass is 418 g/mol. The predicted molar refractivity (Wildman–Crippen MR) is 105 cm³/mol. The largest absolute Gasteiger partial charge is 0.294 e. The van der Waals surface area contributed by atoms with Crippen molar-refractivity contribution < 1.29 is 12.8 Å². The summed E-state index contributed by atoms with van der Waals surface area (Å²) in [6, 6.07) is 10.5. The summed E-state index contributed by atoms with van der Waals surface area (Å²) >= 11 is 1.02. The van der Waals surface area contributed by atoms with Gasteiger partial charge in [0.15, 0.2) is 0 Å². The SMILES string of the molecule is O=S(=O)(c1cccc2nsnc12)N1CCN(C2CCc3c(F)cccc32)CC1. The van der Waals surface area contributed by atoms with Gasteiger partial charge >= 0.3 is 0 Å². The van der Waals surface area contributed by atoms with Crippen LogP contribution in [0.4, 0.5) is 4.39 Å². The van der Waals surface area contributed by atoms with Crippen molar-refractivity contribution in [2.75, 3.05) is 26.2 Å². The summed E-state index contributed by atoms with van der Waals surface area (Å²) in [5.41, 5.74) is 2.91. The molecule has 0 radical (unpaired) electrons. The quantitative estimate of drug-likeness (QED) is 0.654. The highest BCUT2D eigenvalue weighted by molar-refractivity contribution is 7.89. The van der Waals surface area contributed by atoms with Gasteiger partial charge in [-0.2, -0.15) is 13.1 Å². The van der Waals surface area contributed by atoms with E-state index in [1.807, 2.05) is 6.07 Å². The average molecular weight is 419 g/mol. The zero-order valence-corrected chi connectivity index (χ0v) is 16.7. The number of hydrogen-bond donors (Lipinski definition) is 0. The maximum Gasteiger partial charge on any atom is 0.245 e. The molecule has 0 saturated carbocycles. The lowest BCUT2D eigenvalue weighted by atomic mass is 10.1. The van der Waals surface area contributed by atoms with Crippen molar-refractivity contribution in [3.63, 3.8) is 0 Å². The van der Waals surface area contributed by atoms with Crippen molar-refractivity contribution in [2.24, 2.45) is 0 Å². The number of benzene rings is 2. The first-order valence-corrected chi connectivity index (χ1v) is 11.5. The van der Waals surface area contributed by atoms with E-state index in [0.717, 1.165) is 35.7 Å². The number of sulfonamides is 1. The van der Waals surface area contributed by atoms with E-state index in [2.05, 4.69) is 13.6 Å². The number of halogens is 1. The van der Waals surface area contributed by atoms with Crippen LogP contribution in [-0.4, -0.2) is 52.5 Å². The van der Waals surface area contributed by atoms with E-state index < -0.39 is 10.0 Å². The van der Waals surface area contributed by atoms with Gasteiger partial charge in [-0.1, -0.05) is 18.2 Å². The van der Waals surface area contributed by atoms with Crippen molar-refractivity contribution in [3.05, 3.63) is 53.3 Å². The Morgan fingerprint density at radius 3 is 2.64 bits per heavy atom. The molecule has 2 heterocycles. The van der Waals surface area contributed by atoms with Gasteiger partial charge in [-0.25, -0.2) is 12.8 Å². The third-order valence-electron chi connectivity index (χ3n) is 5.76. The number of aromatic nitrogens is 2. The maximum absolute atomic E-state index is 14.0. The fourth-order valence-electron chi connectivity index (χ4n) is 4.35. The van der Waals surface area contributed by atoms with Crippen LogP contribution in [0, 0.1) is 5.82 Å². The zero-order valence-electron chi connectivity index (χ0n) is 15.1. The third kappa shape index (κ3) is 2.85. The molecular weight excluding hydrogens is 399 g/mol. The molecule has 146 valence electrons. The highest BCUT2D eigenvalue weighted by Crippen LogP contribution is 2.37. The molecule has 0 spiro atoms. The molecule has 1 aliphatic heterocycles. The molecule has 1 atom stereocenters. The summed E-state index contributed by atoms with van der Waals surface area (Å²) in [7, 11) is -3.62. The Morgan fingerprint density at radius 2 is 1.82 bits per heavy atom. The topological polar surface area (TPSA) is 66.4 Å². The molecule has 0 amide bonds. The highest BCUT2D eigenvalue weighted by Gasteiger charge is 2.35. The fourth-order valence-corrected chi connectivity index (χ4v) is 6.53. The van der Waals surface area contributed by atoms with Crippen LogP contribution in [0.5, 0.6) is 0 Å². The third-order valence-corrected chi connectivity index (χ3v) is 8.24. The second-order valence-corrected chi connectivity index (χ2v) is 9.63. The van der Waals surface area contributed by atoms with Crippen LogP contribution in [0.25, 0.3) is 11.0 Å². The van der Waals surface area contributed by atoms with E-state index in [-0.39, 0.29) is 16.8 Å². The molecular formula is C19H19FN4O2S2. The molecule has 1 unspecified atom stereocenters. The lowest BCUT2D eigenvalue weighted by Gasteiger charge is -2.37.